The number of unbranched alkanes of at least 4 members (excludes halogenated alkanes) is 1. The summed E-state index contributed by atoms with van der Waals surface area (Å²) in [6.45, 7) is 4.71. The van der Waals surface area contributed by atoms with Gasteiger partial charge in [-0.3, -0.25) is 18.6 Å². The standard InChI is InChI=1S/C25H29N5O2S/c1-3-4-16-29-23(32)20-12-8-9-13-21(20)30-24(29)27-28-25(30)33-17-22(31)26-18(2)14-15-19-10-6-5-7-11-19/h5-13,18H,3-4,14-17H2,1-2H3,(H,26,31). The highest BCUT2D eigenvalue weighted by Gasteiger charge is 2.17. The molecular weight excluding hydrogens is 434 g/mol. The van der Waals surface area contributed by atoms with Gasteiger partial charge >= 0.3 is 0 Å². The van der Waals surface area contributed by atoms with Crippen molar-refractivity contribution < 1.29 is 4.79 Å². The zero-order chi connectivity index (χ0) is 23.2. The maximum absolute atomic E-state index is 13.0. The number of carbonyl (C=O) groups excluding carboxylic acids is 1. The van der Waals surface area contributed by atoms with E-state index in [1.165, 1.54) is 17.3 Å². The minimum Gasteiger partial charge on any atom is -0.353 e. The van der Waals surface area contributed by atoms with Crippen molar-refractivity contribution >= 4 is 34.3 Å². The van der Waals surface area contributed by atoms with Crippen LogP contribution in [0.25, 0.3) is 16.7 Å². The molecule has 1 amide bonds. The summed E-state index contributed by atoms with van der Waals surface area (Å²) in [6.07, 6.45) is 3.66. The third-order valence-corrected chi connectivity index (χ3v) is 6.59. The van der Waals surface area contributed by atoms with Gasteiger partial charge in [0.25, 0.3) is 5.56 Å². The predicted molar refractivity (Wildman–Crippen MR) is 133 cm³/mol. The van der Waals surface area contributed by atoms with Gasteiger partial charge in [0.1, 0.15) is 0 Å². The number of fused-ring (bicyclic) bond motifs is 3. The molecule has 0 fully saturated rings. The van der Waals surface area contributed by atoms with Gasteiger partial charge in [-0.05, 0) is 43.9 Å². The topological polar surface area (TPSA) is 81.3 Å². The first-order chi connectivity index (χ1) is 16.1. The lowest BCUT2D eigenvalue weighted by atomic mass is 10.1. The minimum absolute atomic E-state index is 0.0408. The van der Waals surface area contributed by atoms with Crippen LogP contribution in [-0.2, 0) is 17.8 Å². The maximum atomic E-state index is 13.0. The molecule has 0 saturated heterocycles. The Morgan fingerprint density at radius 1 is 1.09 bits per heavy atom. The largest absolute Gasteiger partial charge is 0.353 e. The van der Waals surface area contributed by atoms with Crippen LogP contribution in [0, 0.1) is 0 Å². The third kappa shape index (κ3) is 5.27. The van der Waals surface area contributed by atoms with Crippen molar-refractivity contribution in [3.8, 4) is 0 Å². The molecule has 0 saturated carbocycles. The first-order valence-corrected chi connectivity index (χ1v) is 12.4. The quantitative estimate of drug-likeness (QED) is 0.359. The summed E-state index contributed by atoms with van der Waals surface area (Å²) in [5, 5.41) is 12.9. The SMILES string of the molecule is CCCCn1c(=O)c2ccccc2n2c(SCC(=O)NC(C)CCc3ccccc3)nnc12. The Balaban J connectivity index is 1.48. The molecule has 1 unspecified atom stereocenters. The summed E-state index contributed by atoms with van der Waals surface area (Å²) in [7, 11) is 0. The molecule has 0 aliphatic rings. The van der Waals surface area contributed by atoms with Gasteiger partial charge in [0.2, 0.25) is 11.7 Å². The number of hydrogen-bond donors (Lipinski definition) is 1. The molecular formula is C25H29N5O2S. The number of aryl methyl sites for hydroxylation is 2. The van der Waals surface area contributed by atoms with Gasteiger partial charge in [0.15, 0.2) is 5.16 Å². The molecule has 2 heterocycles. The Bertz CT molecular complexity index is 1300. The summed E-state index contributed by atoms with van der Waals surface area (Å²) >= 11 is 1.34. The highest BCUT2D eigenvalue weighted by Crippen LogP contribution is 2.21. The van der Waals surface area contributed by atoms with E-state index in [9.17, 15) is 9.59 Å². The lowest BCUT2D eigenvalue weighted by Gasteiger charge is -2.14. The molecule has 0 bridgehead atoms. The van der Waals surface area contributed by atoms with E-state index in [2.05, 4.69) is 34.6 Å². The number of hydrogen-bond acceptors (Lipinski definition) is 5. The van der Waals surface area contributed by atoms with Crippen LogP contribution in [0.15, 0.2) is 64.5 Å². The van der Waals surface area contributed by atoms with E-state index >= 15 is 0 Å². The molecule has 7 nitrogen and oxygen atoms in total. The van der Waals surface area contributed by atoms with E-state index < -0.39 is 0 Å². The second-order valence-electron chi connectivity index (χ2n) is 8.23. The van der Waals surface area contributed by atoms with Gasteiger partial charge in [-0.25, -0.2) is 0 Å². The van der Waals surface area contributed by atoms with Gasteiger partial charge in [0, 0.05) is 12.6 Å². The van der Waals surface area contributed by atoms with Crippen LogP contribution in [0.4, 0.5) is 0 Å². The Morgan fingerprint density at radius 2 is 1.85 bits per heavy atom. The highest BCUT2D eigenvalue weighted by atomic mass is 32.2. The van der Waals surface area contributed by atoms with E-state index in [-0.39, 0.29) is 23.3 Å². The second-order valence-corrected chi connectivity index (χ2v) is 9.17. The Kier molecular flexibility index (Phi) is 7.44. The van der Waals surface area contributed by atoms with Crippen LogP contribution in [0.2, 0.25) is 0 Å². The highest BCUT2D eigenvalue weighted by molar-refractivity contribution is 7.99. The maximum Gasteiger partial charge on any atom is 0.262 e. The summed E-state index contributed by atoms with van der Waals surface area (Å²) in [5.74, 6) is 0.714. The molecule has 0 spiro atoms. The number of nitrogens with zero attached hydrogens (tertiary/aromatic N) is 4. The van der Waals surface area contributed by atoms with Crippen LogP contribution >= 0.6 is 11.8 Å². The Hall–Kier alpha value is -3.13. The number of aromatic nitrogens is 4. The molecule has 2 aromatic carbocycles. The number of carbonyl (C=O) groups is 1. The normalized spacial score (nSPS) is 12.3. The van der Waals surface area contributed by atoms with Crippen LogP contribution in [-0.4, -0.2) is 36.9 Å². The summed E-state index contributed by atoms with van der Waals surface area (Å²) in [5.41, 5.74) is 1.97. The lowest BCUT2D eigenvalue weighted by molar-refractivity contribution is -0.119. The molecule has 0 radical (unpaired) electrons. The fourth-order valence-electron chi connectivity index (χ4n) is 3.89. The van der Waals surface area contributed by atoms with Crippen molar-refractivity contribution in [2.75, 3.05) is 5.75 Å². The number of para-hydroxylation sites is 1. The molecule has 8 heteroatoms. The molecule has 1 N–H and O–H groups in total. The number of benzene rings is 2. The van der Waals surface area contributed by atoms with Crippen molar-refractivity contribution in [1.29, 1.82) is 0 Å². The van der Waals surface area contributed by atoms with Gasteiger partial charge in [0.05, 0.1) is 16.7 Å². The lowest BCUT2D eigenvalue weighted by Crippen LogP contribution is -2.34. The molecule has 0 aliphatic heterocycles. The van der Waals surface area contributed by atoms with Crippen molar-refractivity contribution in [2.45, 2.75) is 57.3 Å². The minimum atomic E-state index is -0.0551. The van der Waals surface area contributed by atoms with Crippen LogP contribution in [0.5, 0.6) is 0 Å². The third-order valence-electron chi connectivity index (χ3n) is 5.66. The van der Waals surface area contributed by atoms with E-state index in [4.69, 9.17) is 0 Å². The first kappa shape index (κ1) is 23.0. The van der Waals surface area contributed by atoms with E-state index in [0.717, 1.165) is 31.2 Å². The molecule has 0 aliphatic carbocycles. The molecule has 2 aromatic heterocycles. The van der Waals surface area contributed by atoms with Crippen LogP contribution in [0.1, 0.15) is 38.7 Å². The molecule has 33 heavy (non-hydrogen) atoms. The van der Waals surface area contributed by atoms with E-state index in [1.807, 2.05) is 53.8 Å². The van der Waals surface area contributed by atoms with Crippen LogP contribution in [0.3, 0.4) is 0 Å². The van der Waals surface area contributed by atoms with Crippen molar-refractivity contribution in [3.63, 3.8) is 0 Å². The second kappa shape index (κ2) is 10.7. The number of nitrogens with one attached hydrogen (secondary N) is 1. The summed E-state index contributed by atoms with van der Waals surface area (Å²) in [6, 6.07) is 17.8. The number of thioether (sulfide) groups is 1. The molecule has 4 aromatic rings. The van der Waals surface area contributed by atoms with Gasteiger partial charge in [-0.15, -0.1) is 10.2 Å². The number of rotatable bonds is 10. The molecule has 1 atom stereocenters. The van der Waals surface area contributed by atoms with E-state index in [1.54, 1.807) is 4.57 Å². The Labute approximate surface area is 197 Å². The zero-order valence-corrected chi connectivity index (χ0v) is 19.8. The average molecular weight is 464 g/mol. The van der Waals surface area contributed by atoms with Gasteiger partial charge < -0.3 is 5.32 Å². The van der Waals surface area contributed by atoms with Crippen molar-refractivity contribution in [2.24, 2.45) is 0 Å². The van der Waals surface area contributed by atoms with Crippen molar-refractivity contribution in [3.05, 3.63) is 70.5 Å². The Morgan fingerprint density at radius 3 is 2.64 bits per heavy atom. The average Bonchev–Trinajstić information content (AvgIpc) is 3.26. The van der Waals surface area contributed by atoms with Gasteiger partial charge in [-0.2, -0.15) is 0 Å². The summed E-state index contributed by atoms with van der Waals surface area (Å²) < 4.78 is 3.58. The molecule has 4 rings (SSSR count). The predicted octanol–water partition coefficient (Wildman–Crippen LogP) is 4.07. The zero-order valence-electron chi connectivity index (χ0n) is 19.0. The fourth-order valence-corrected chi connectivity index (χ4v) is 4.64. The van der Waals surface area contributed by atoms with Gasteiger partial charge in [-0.1, -0.05) is 67.6 Å². The van der Waals surface area contributed by atoms with E-state index in [0.29, 0.717) is 22.9 Å². The smallest absolute Gasteiger partial charge is 0.262 e. The van der Waals surface area contributed by atoms with Crippen molar-refractivity contribution in [1.82, 2.24) is 24.5 Å². The fraction of sp³-hybridized carbons (Fsp3) is 0.360. The van der Waals surface area contributed by atoms with Crippen LogP contribution < -0.4 is 10.9 Å². The first-order valence-electron chi connectivity index (χ1n) is 11.4. The molecule has 172 valence electrons. The monoisotopic (exact) mass is 463 g/mol. The number of amides is 1. The summed E-state index contributed by atoms with van der Waals surface area (Å²) in [4.78, 5) is 25.6.